The van der Waals surface area contributed by atoms with Crippen LogP contribution in [0.25, 0.3) is 0 Å². The molecule has 0 aliphatic carbocycles. The standard InChI is InChI=1S/C13H18ClNO3S/c1-4-9-8(3)19-12(15-10(16)6-7-14)11(9)13(17)18-5-2/h4-7H2,1-3H3,(H,15,16). The van der Waals surface area contributed by atoms with Crippen molar-refractivity contribution in [3.63, 3.8) is 0 Å². The molecule has 1 aromatic heterocycles. The van der Waals surface area contributed by atoms with Gasteiger partial charge in [0.25, 0.3) is 0 Å². The number of carbonyl (C=O) groups excluding carboxylic acids is 2. The van der Waals surface area contributed by atoms with Crippen LogP contribution in [0.5, 0.6) is 0 Å². The summed E-state index contributed by atoms with van der Waals surface area (Å²) in [5.41, 5.74) is 1.42. The summed E-state index contributed by atoms with van der Waals surface area (Å²) in [7, 11) is 0. The van der Waals surface area contributed by atoms with Crippen LogP contribution in [-0.4, -0.2) is 24.4 Å². The minimum absolute atomic E-state index is 0.190. The van der Waals surface area contributed by atoms with Crippen molar-refractivity contribution in [3.8, 4) is 0 Å². The predicted molar refractivity (Wildman–Crippen MR) is 78.4 cm³/mol. The van der Waals surface area contributed by atoms with Gasteiger partial charge in [0.2, 0.25) is 5.91 Å². The van der Waals surface area contributed by atoms with Crippen LogP contribution in [0.1, 0.15) is 41.1 Å². The summed E-state index contributed by atoms with van der Waals surface area (Å²) >= 11 is 6.93. The van der Waals surface area contributed by atoms with Crippen LogP contribution < -0.4 is 5.32 Å². The zero-order valence-corrected chi connectivity index (χ0v) is 12.9. The Labute approximate surface area is 122 Å². The summed E-state index contributed by atoms with van der Waals surface area (Å²) in [6, 6.07) is 0. The molecule has 1 aromatic rings. The number of halogens is 1. The molecule has 1 rings (SSSR count). The van der Waals surface area contributed by atoms with Gasteiger partial charge >= 0.3 is 5.97 Å². The van der Waals surface area contributed by atoms with E-state index in [1.54, 1.807) is 6.92 Å². The molecule has 0 unspecified atom stereocenters. The molecule has 1 N–H and O–H groups in total. The first-order chi connectivity index (χ1) is 9.04. The van der Waals surface area contributed by atoms with Gasteiger partial charge in [0.1, 0.15) is 5.00 Å². The highest BCUT2D eigenvalue weighted by atomic mass is 35.5. The highest BCUT2D eigenvalue weighted by Crippen LogP contribution is 2.34. The van der Waals surface area contributed by atoms with Gasteiger partial charge in [-0.1, -0.05) is 6.92 Å². The topological polar surface area (TPSA) is 55.4 Å². The van der Waals surface area contributed by atoms with Crippen LogP contribution in [0.2, 0.25) is 0 Å². The van der Waals surface area contributed by atoms with E-state index in [4.69, 9.17) is 16.3 Å². The van der Waals surface area contributed by atoms with Crippen molar-refractivity contribution in [2.45, 2.75) is 33.6 Å². The third-order valence-electron chi connectivity index (χ3n) is 2.62. The van der Waals surface area contributed by atoms with E-state index < -0.39 is 0 Å². The number of hydrogen-bond donors (Lipinski definition) is 1. The lowest BCUT2D eigenvalue weighted by Crippen LogP contribution is -2.15. The number of carbonyl (C=O) groups is 2. The molecule has 0 radical (unpaired) electrons. The lowest BCUT2D eigenvalue weighted by Gasteiger charge is -2.07. The Balaban J connectivity index is 3.09. The number of nitrogens with one attached hydrogen (secondary N) is 1. The fraction of sp³-hybridized carbons (Fsp3) is 0.538. The SMILES string of the molecule is CCOC(=O)c1c(NC(=O)CCCl)sc(C)c1CC. The van der Waals surface area contributed by atoms with E-state index in [1.165, 1.54) is 11.3 Å². The van der Waals surface area contributed by atoms with E-state index in [0.717, 1.165) is 16.9 Å². The molecule has 0 aromatic carbocycles. The van der Waals surface area contributed by atoms with E-state index >= 15 is 0 Å². The first-order valence-electron chi connectivity index (χ1n) is 6.20. The number of hydrogen-bond acceptors (Lipinski definition) is 4. The van der Waals surface area contributed by atoms with Crippen molar-refractivity contribution >= 4 is 39.8 Å². The van der Waals surface area contributed by atoms with Crippen molar-refractivity contribution in [2.24, 2.45) is 0 Å². The van der Waals surface area contributed by atoms with E-state index in [1.807, 2.05) is 13.8 Å². The zero-order chi connectivity index (χ0) is 14.4. The van der Waals surface area contributed by atoms with Crippen LogP contribution in [0.15, 0.2) is 0 Å². The van der Waals surface area contributed by atoms with Crippen molar-refractivity contribution < 1.29 is 14.3 Å². The normalized spacial score (nSPS) is 10.3. The summed E-state index contributed by atoms with van der Waals surface area (Å²) < 4.78 is 5.06. The average molecular weight is 304 g/mol. The molecular weight excluding hydrogens is 286 g/mol. The molecular formula is C13H18ClNO3S. The van der Waals surface area contributed by atoms with Gasteiger partial charge < -0.3 is 10.1 Å². The maximum atomic E-state index is 12.0. The van der Waals surface area contributed by atoms with Crippen molar-refractivity contribution in [1.29, 1.82) is 0 Å². The van der Waals surface area contributed by atoms with Gasteiger partial charge in [-0.25, -0.2) is 4.79 Å². The molecule has 19 heavy (non-hydrogen) atoms. The van der Waals surface area contributed by atoms with Gasteiger partial charge in [-0.05, 0) is 25.8 Å². The van der Waals surface area contributed by atoms with Crippen LogP contribution in [0.4, 0.5) is 5.00 Å². The van der Waals surface area contributed by atoms with Gasteiger partial charge in [0.15, 0.2) is 0 Å². The molecule has 0 aliphatic rings. The molecule has 0 atom stereocenters. The Hall–Kier alpha value is -1.07. The van der Waals surface area contributed by atoms with Gasteiger partial charge in [-0.15, -0.1) is 22.9 Å². The monoisotopic (exact) mass is 303 g/mol. The minimum atomic E-state index is -0.384. The van der Waals surface area contributed by atoms with E-state index in [-0.39, 0.29) is 24.2 Å². The Kier molecular flexibility index (Phi) is 6.31. The summed E-state index contributed by atoms with van der Waals surface area (Å²) in [5, 5.41) is 3.30. The highest BCUT2D eigenvalue weighted by Gasteiger charge is 2.23. The largest absolute Gasteiger partial charge is 0.462 e. The smallest absolute Gasteiger partial charge is 0.341 e. The third kappa shape index (κ3) is 3.94. The molecule has 1 amide bonds. The Morgan fingerprint density at radius 3 is 2.58 bits per heavy atom. The number of rotatable bonds is 6. The molecule has 4 nitrogen and oxygen atoms in total. The second-order valence-electron chi connectivity index (χ2n) is 3.90. The first kappa shape index (κ1) is 16.0. The lowest BCUT2D eigenvalue weighted by atomic mass is 10.1. The number of thiophene rings is 1. The summed E-state index contributed by atoms with van der Waals surface area (Å²) in [4.78, 5) is 24.6. The fourth-order valence-electron chi connectivity index (χ4n) is 1.79. The summed E-state index contributed by atoms with van der Waals surface area (Å²) in [5.74, 6) is -0.319. The first-order valence-corrected chi connectivity index (χ1v) is 7.55. The average Bonchev–Trinajstić information content (AvgIpc) is 2.65. The second-order valence-corrected chi connectivity index (χ2v) is 5.50. The number of esters is 1. The number of ether oxygens (including phenoxy) is 1. The molecule has 0 bridgehead atoms. The van der Waals surface area contributed by atoms with Crippen LogP contribution in [0, 0.1) is 6.92 Å². The second kappa shape index (κ2) is 7.50. The molecule has 1 heterocycles. The fourth-order valence-corrected chi connectivity index (χ4v) is 3.11. The third-order valence-corrected chi connectivity index (χ3v) is 3.87. The van der Waals surface area contributed by atoms with E-state index in [0.29, 0.717) is 17.2 Å². The molecule has 0 spiro atoms. The van der Waals surface area contributed by atoms with E-state index in [9.17, 15) is 9.59 Å². The van der Waals surface area contributed by atoms with Crippen LogP contribution >= 0.6 is 22.9 Å². The number of aryl methyl sites for hydroxylation is 1. The number of amides is 1. The zero-order valence-electron chi connectivity index (χ0n) is 11.3. The molecule has 0 saturated heterocycles. The lowest BCUT2D eigenvalue weighted by molar-refractivity contribution is -0.115. The molecule has 0 aliphatic heterocycles. The highest BCUT2D eigenvalue weighted by molar-refractivity contribution is 7.16. The van der Waals surface area contributed by atoms with E-state index in [2.05, 4.69) is 5.32 Å². The number of anilines is 1. The Morgan fingerprint density at radius 1 is 1.37 bits per heavy atom. The van der Waals surface area contributed by atoms with Crippen molar-refractivity contribution in [2.75, 3.05) is 17.8 Å². The molecule has 6 heteroatoms. The van der Waals surface area contributed by atoms with Crippen molar-refractivity contribution in [1.82, 2.24) is 0 Å². The maximum absolute atomic E-state index is 12.0. The Bertz CT molecular complexity index is 471. The minimum Gasteiger partial charge on any atom is -0.462 e. The molecule has 0 saturated carbocycles. The quantitative estimate of drug-likeness (QED) is 0.647. The van der Waals surface area contributed by atoms with Gasteiger partial charge in [0.05, 0.1) is 12.2 Å². The summed E-state index contributed by atoms with van der Waals surface area (Å²) in [6.07, 6.45) is 0.948. The predicted octanol–water partition coefficient (Wildman–Crippen LogP) is 3.36. The Morgan fingerprint density at radius 2 is 2.05 bits per heavy atom. The summed E-state index contributed by atoms with van der Waals surface area (Å²) in [6.45, 7) is 5.98. The van der Waals surface area contributed by atoms with Gasteiger partial charge in [-0.2, -0.15) is 0 Å². The maximum Gasteiger partial charge on any atom is 0.341 e. The molecule has 0 fully saturated rings. The van der Waals surface area contributed by atoms with Gasteiger partial charge in [0, 0.05) is 17.2 Å². The number of alkyl halides is 1. The van der Waals surface area contributed by atoms with Crippen molar-refractivity contribution in [3.05, 3.63) is 16.0 Å². The van der Waals surface area contributed by atoms with Crippen LogP contribution in [-0.2, 0) is 16.0 Å². The molecule has 106 valence electrons. The van der Waals surface area contributed by atoms with Gasteiger partial charge in [-0.3, -0.25) is 4.79 Å². The van der Waals surface area contributed by atoms with Crippen LogP contribution in [0.3, 0.4) is 0 Å².